The van der Waals surface area contributed by atoms with Gasteiger partial charge in [0.15, 0.2) is 10.9 Å². The molecule has 0 fully saturated rings. The van der Waals surface area contributed by atoms with Gasteiger partial charge in [-0.2, -0.15) is 8.42 Å². The molecule has 0 spiro atoms. The van der Waals surface area contributed by atoms with Gasteiger partial charge in [0.25, 0.3) is 10.0 Å². The second-order valence-corrected chi connectivity index (χ2v) is 8.94. The molecule has 142 valence electrons. The summed E-state index contributed by atoms with van der Waals surface area (Å²) in [5, 5.41) is 6.19. The van der Waals surface area contributed by atoms with Crippen LogP contribution in [0.15, 0.2) is 94.2 Å². The Morgan fingerprint density at radius 3 is 2.04 bits per heavy atom. The van der Waals surface area contributed by atoms with Crippen LogP contribution in [0.2, 0.25) is 0 Å². The molecule has 28 heavy (non-hydrogen) atoms. The summed E-state index contributed by atoms with van der Waals surface area (Å²) in [6.45, 7) is 0. The summed E-state index contributed by atoms with van der Waals surface area (Å²) in [6.07, 6.45) is 0. The highest BCUT2D eigenvalue weighted by Crippen LogP contribution is 2.14. The number of hydrogen-bond acceptors (Lipinski definition) is 3. The van der Waals surface area contributed by atoms with E-state index in [2.05, 4.69) is 37.6 Å². The van der Waals surface area contributed by atoms with Crippen molar-refractivity contribution in [2.75, 3.05) is 5.32 Å². The molecule has 0 bridgehead atoms. The lowest BCUT2D eigenvalue weighted by Crippen LogP contribution is -2.35. The standard InChI is InChI=1S/C20H16IN3O2S2/c21-16-11-13-17(14-12-16)22-20(27)23-19(15-7-3-1-4-8-15)24-28(25,26)18-9-5-2-6-10-18/h1-14H,(H2,22,23,24,27). The third kappa shape index (κ3) is 5.60. The Balaban J connectivity index is 1.90. The fourth-order valence-corrected chi connectivity index (χ4v) is 3.88. The molecule has 0 saturated carbocycles. The van der Waals surface area contributed by atoms with E-state index >= 15 is 0 Å². The molecule has 3 aromatic rings. The van der Waals surface area contributed by atoms with Crippen LogP contribution in [0.5, 0.6) is 0 Å². The van der Waals surface area contributed by atoms with E-state index in [1.165, 1.54) is 12.1 Å². The summed E-state index contributed by atoms with van der Waals surface area (Å²) >= 11 is 7.57. The maximum Gasteiger partial charge on any atom is 0.284 e. The quantitative estimate of drug-likeness (QED) is 0.230. The van der Waals surface area contributed by atoms with E-state index in [9.17, 15) is 8.42 Å². The number of anilines is 1. The first-order valence-electron chi connectivity index (χ1n) is 8.23. The number of halogens is 1. The molecule has 8 heteroatoms. The zero-order chi connectivity index (χ0) is 20.0. The van der Waals surface area contributed by atoms with Gasteiger partial charge in [-0.05, 0) is 71.2 Å². The van der Waals surface area contributed by atoms with Crippen molar-refractivity contribution in [2.45, 2.75) is 4.90 Å². The highest BCUT2D eigenvalue weighted by atomic mass is 127. The zero-order valence-corrected chi connectivity index (χ0v) is 18.3. The first kappa shape index (κ1) is 20.4. The molecule has 0 aliphatic rings. The maximum absolute atomic E-state index is 12.7. The average Bonchev–Trinajstić information content (AvgIpc) is 2.70. The summed E-state index contributed by atoms with van der Waals surface area (Å²) in [5.41, 5.74) is 1.39. The van der Waals surface area contributed by atoms with E-state index in [-0.39, 0.29) is 15.8 Å². The molecule has 0 saturated heterocycles. The molecule has 0 aliphatic heterocycles. The number of thiocarbonyl (C=S) groups is 1. The minimum absolute atomic E-state index is 0.113. The van der Waals surface area contributed by atoms with E-state index in [4.69, 9.17) is 12.2 Å². The Morgan fingerprint density at radius 2 is 1.43 bits per heavy atom. The van der Waals surface area contributed by atoms with Gasteiger partial charge in [-0.15, -0.1) is 4.40 Å². The molecule has 0 heterocycles. The van der Waals surface area contributed by atoms with Gasteiger partial charge < -0.3 is 10.6 Å². The topological polar surface area (TPSA) is 70.6 Å². The van der Waals surface area contributed by atoms with Crippen LogP contribution in [0, 0.1) is 3.57 Å². The molecule has 0 unspecified atom stereocenters. The molecule has 0 atom stereocenters. The predicted molar refractivity (Wildman–Crippen MR) is 125 cm³/mol. The van der Waals surface area contributed by atoms with E-state index in [0.717, 1.165) is 9.26 Å². The Kier molecular flexibility index (Phi) is 6.76. The fourth-order valence-electron chi connectivity index (χ4n) is 2.31. The number of amidine groups is 1. The monoisotopic (exact) mass is 521 g/mol. The third-order valence-corrected chi connectivity index (χ3v) is 5.85. The molecule has 0 aliphatic carbocycles. The summed E-state index contributed by atoms with van der Waals surface area (Å²) in [5.74, 6) is 0.146. The molecule has 3 aromatic carbocycles. The second-order valence-electron chi connectivity index (χ2n) is 5.68. The van der Waals surface area contributed by atoms with Gasteiger partial charge in [0.05, 0.1) is 4.90 Å². The number of benzene rings is 3. The minimum atomic E-state index is -3.89. The first-order chi connectivity index (χ1) is 13.4. The smallest absolute Gasteiger partial charge is 0.284 e. The van der Waals surface area contributed by atoms with Crippen molar-refractivity contribution in [1.29, 1.82) is 0 Å². The molecular formula is C20H16IN3O2S2. The largest absolute Gasteiger partial charge is 0.332 e. The molecular weight excluding hydrogens is 505 g/mol. The first-order valence-corrected chi connectivity index (χ1v) is 11.2. The van der Waals surface area contributed by atoms with Crippen LogP contribution in [-0.4, -0.2) is 19.4 Å². The summed E-state index contributed by atoms with van der Waals surface area (Å²) in [6, 6.07) is 24.7. The third-order valence-electron chi connectivity index (χ3n) is 3.63. The highest BCUT2D eigenvalue weighted by Gasteiger charge is 2.16. The van der Waals surface area contributed by atoms with E-state index in [1.807, 2.05) is 30.3 Å². The van der Waals surface area contributed by atoms with Crippen LogP contribution in [-0.2, 0) is 10.0 Å². The van der Waals surface area contributed by atoms with Crippen LogP contribution in [0.25, 0.3) is 0 Å². The molecule has 0 aromatic heterocycles. The van der Waals surface area contributed by atoms with Crippen LogP contribution in [0.1, 0.15) is 5.56 Å². The normalized spacial score (nSPS) is 11.7. The van der Waals surface area contributed by atoms with Gasteiger partial charge in [0.2, 0.25) is 0 Å². The van der Waals surface area contributed by atoms with Gasteiger partial charge in [0.1, 0.15) is 0 Å². The van der Waals surface area contributed by atoms with Crippen LogP contribution < -0.4 is 10.6 Å². The minimum Gasteiger partial charge on any atom is -0.332 e. The zero-order valence-electron chi connectivity index (χ0n) is 14.5. The van der Waals surface area contributed by atoms with Gasteiger partial charge in [0, 0.05) is 14.8 Å². The van der Waals surface area contributed by atoms with Crippen molar-refractivity contribution in [1.82, 2.24) is 5.32 Å². The highest BCUT2D eigenvalue weighted by molar-refractivity contribution is 14.1. The molecule has 2 N–H and O–H groups in total. The summed E-state index contributed by atoms with van der Waals surface area (Å²) in [4.78, 5) is 0.113. The molecule has 0 amide bonds. The number of sulfonamides is 1. The lowest BCUT2D eigenvalue weighted by molar-refractivity contribution is 0.598. The van der Waals surface area contributed by atoms with Crippen LogP contribution >= 0.6 is 34.8 Å². The lowest BCUT2D eigenvalue weighted by Gasteiger charge is -2.13. The Labute approximate surface area is 183 Å². The van der Waals surface area contributed by atoms with Gasteiger partial charge in [-0.3, -0.25) is 0 Å². The van der Waals surface area contributed by atoms with Crippen LogP contribution in [0.3, 0.4) is 0 Å². The van der Waals surface area contributed by atoms with Gasteiger partial charge >= 0.3 is 0 Å². The van der Waals surface area contributed by atoms with E-state index < -0.39 is 10.0 Å². The van der Waals surface area contributed by atoms with Crippen molar-refractivity contribution >= 4 is 61.5 Å². The predicted octanol–water partition coefficient (Wildman–Crippen LogP) is 4.41. The molecule has 0 radical (unpaired) electrons. The Hall–Kier alpha value is -2.30. The second kappa shape index (κ2) is 9.26. The van der Waals surface area contributed by atoms with Crippen molar-refractivity contribution < 1.29 is 8.42 Å². The Bertz CT molecular complexity index is 1090. The number of nitrogens with one attached hydrogen (secondary N) is 2. The Morgan fingerprint density at radius 1 is 0.857 bits per heavy atom. The average molecular weight is 521 g/mol. The maximum atomic E-state index is 12.7. The number of rotatable bonds is 4. The summed E-state index contributed by atoms with van der Waals surface area (Å²) in [7, 11) is -3.89. The van der Waals surface area contributed by atoms with Crippen LogP contribution in [0.4, 0.5) is 5.69 Å². The lowest BCUT2D eigenvalue weighted by atomic mass is 10.2. The van der Waals surface area contributed by atoms with E-state index in [1.54, 1.807) is 42.5 Å². The van der Waals surface area contributed by atoms with Gasteiger partial charge in [-0.25, -0.2) is 0 Å². The van der Waals surface area contributed by atoms with Gasteiger partial charge in [-0.1, -0.05) is 48.5 Å². The fraction of sp³-hybridized carbons (Fsp3) is 0. The van der Waals surface area contributed by atoms with Crippen molar-refractivity contribution in [2.24, 2.45) is 4.40 Å². The van der Waals surface area contributed by atoms with Crippen molar-refractivity contribution in [3.05, 3.63) is 94.1 Å². The van der Waals surface area contributed by atoms with E-state index in [0.29, 0.717) is 5.56 Å². The summed E-state index contributed by atoms with van der Waals surface area (Å²) < 4.78 is 30.5. The number of hydrogen-bond donors (Lipinski definition) is 2. The van der Waals surface area contributed by atoms with Crippen molar-refractivity contribution in [3.8, 4) is 0 Å². The van der Waals surface area contributed by atoms with Crippen molar-refractivity contribution in [3.63, 3.8) is 0 Å². The molecule has 3 rings (SSSR count). The number of nitrogens with zero attached hydrogens (tertiary/aromatic N) is 1. The molecule has 5 nitrogen and oxygen atoms in total. The SMILES string of the molecule is O=S(=O)(/N=C(/NC(=S)Nc1ccc(I)cc1)c1ccccc1)c1ccccc1.